The van der Waals surface area contributed by atoms with Gasteiger partial charge in [-0.3, -0.25) is 9.59 Å². The van der Waals surface area contributed by atoms with Gasteiger partial charge in [0.1, 0.15) is 12.0 Å². The minimum Gasteiger partial charge on any atom is -0.480 e. The molecular formula is C16H16F2N2O4. The molecule has 0 unspecified atom stereocenters. The number of likely N-dealkylation sites (tertiary alicyclic amines) is 1. The van der Waals surface area contributed by atoms with Crippen LogP contribution in [0.25, 0.3) is 0 Å². The SMILES string of the molecule is O=C(O)[C@@H]1CCCN1C(=O)[C@@H]1CCN(c2ccc(F)c(F)c2)C1=O. The Bertz CT molecular complexity index is 709. The van der Waals surface area contributed by atoms with Crippen molar-refractivity contribution in [3.8, 4) is 0 Å². The number of carbonyl (C=O) groups is 3. The molecule has 1 N–H and O–H groups in total. The van der Waals surface area contributed by atoms with Crippen LogP contribution in [0, 0.1) is 17.6 Å². The summed E-state index contributed by atoms with van der Waals surface area (Å²) in [5.74, 6) is -5.15. The Labute approximate surface area is 136 Å². The first-order chi connectivity index (χ1) is 11.4. The smallest absolute Gasteiger partial charge is 0.326 e. The molecule has 24 heavy (non-hydrogen) atoms. The second-order valence-corrected chi connectivity index (χ2v) is 5.96. The van der Waals surface area contributed by atoms with Crippen LogP contribution in [-0.4, -0.2) is 46.9 Å². The molecule has 3 rings (SSSR count). The van der Waals surface area contributed by atoms with Gasteiger partial charge in [-0.05, 0) is 31.4 Å². The van der Waals surface area contributed by atoms with Crippen LogP contribution in [0.5, 0.6) is 0 Å². The first kappa shape index (κ1) is 16.4. The monoisotopic (exact) mass is 338 g/mol. The van der Waals surface area contributed by atoms with E-state index in [0.717, 1.165) is 12.1 Å². The fraction of sp³-hybridized carbons (Fsp3) is 0.438. The summed E-state index contributed by atoms with van der Waals surface area (Å²) in [6.07, 6.45) is 1.17. The van der Waals surface area contributed by atoms with Crippen LogP contribution in [0.2, 0.25) is 0 Å². The first-order valence-corrected chi connectivity index (χ1v) is 7.70. The maximum atomic E-state index is 13.3. The summed E-state index contributed by atoms with van der Waals surface area (Å²) in [7, 11) is 0. The summed E-state index contributed by atoms with van der Waals surface area (Å²) in [5.41, 5.74) is 0.186. The molecule has 2 saturated heterocycles. The van der Waals surface area contributed by atoms with Crippen LogP contribution in [-0.2, 0) is 14.4 Å². The molecule has 2 heterocycles. The lowest BCUT2D eigenvalue weighted by molar-refractivity contribution is -0.151. The molecule has 0 radical (unpaired) electrons. The largest absolute Gasteiger partial charge is 0.480 e. The number of carboxylic acid groups (broad SMARTS) is 1. The third-order valence-electron chi connectivity index (χ3n) is 4.54. The molecule has 1 aromatic carbocycles. The Hall–Kier alpha value is -2.51. The minimum atomic E-state index is -1.08. The molecule has 2 aliphatic heterocycles. The quantitative estimate of drug-likeness (QED) is 0.845. The van der Waals surface area contributed by atoms with Gasteiger partial charge in [0.05, 0.1) is 0 Å². The van der Waals surface area contributed by atoms with Crippen LogP contribution < -0.4 is 4.90 Å². The Balaban J connectivity index is 1.77. The van der Waals surface area contributed by atoms with Crippen LogP contribution in [0.3, 0.4) is 0 Å². The summed E-state index contributed by atoms with van der Waals surface area (Å²) >= 11 is 0. The van der Waals surface area contributed by atoms with E-state index in [-0.39, 0.29) is 18.7 Å². The highest BCUT2D eigenvalue weighted by atomic mass is 19.2. The molecule has 2 amide bonds. The average Bonchev–Trinajstić information content (AvgIpc) is 3.16. The van der Waals surface area contributed by atoms with Crippen molar-refractivity contribution in [2.75, 3.05) is 18.0 Å². The van der Waals surface area contributed by atoms with Gasteiger partial charge in [-0.2, -0.15) is 0 Å². The van der Waals surface area contributed by atoms with E-state index in [4.69, 9.17) is 5.11 Å². The Kier molecular flexibility index (Phi) is 4.21. The standard InChI is InChI=1S/C16H16F2N2O4/c17-11-4-3-9(8-12(11)18)19-7-5-10(14(19)21)15(22)20-6-1-2-13(20)16(23)24/h3-4,8,10,13H,1-2,5-7H2,(H,23,24)/t10-,13+/m1/s1. The number of anilines is 1. The predicted octanol–water partition coefficient (Wildman–Crippen LogP) is 1.39. The molecule has 0 saturated carbocycles. The number of aliphatic carboxylic acids is 1. The number of hydrogen-bond acceptors (Lipinski definition) is 3. The average molecular weight is 338 g/mol. The van der Waals surface area contributed by atoms with Gasteiger partial charge < -0.3 is 14.9 Å². The number of carboxylic acids is 1. The number of halogens is 2. The van der Waals surface area contributed by atoms with Crippen molar-refractivity contribution in [3.63, 3.8) is 0 Å². The zero-order valence-electron chi connectivity index (χ0n) is 12.7. The molecule has 0 aliphatic carbocycles. The van der Waals surface area contributed by atoms with Crippen molar-refractivity contribution in [2.24, 2.45) is 5.92 Å². The van der Waals surface area contributed by atoms with Gasteiger partial charge in [-0.1, -0.05) is 0 Å². The summed E-state index contributed by atoms with van der Waals surface area (Å²) in [4.78, 5) is 38.7. The van der Waals surface area contributed by atoms with Crippen LogP contribution in [0.4, 0.5) is 14.5 Å². The number of rotatable bonds is 3. The van der Waals surface area contributed by atoms with Gasteiger partial charge >= 0.3 is 5.97 Å². The molecule has 0 bridgehead atoms. The number of nitrogens with zero attached hydrogens (tertiary/aromatic N) is 2. The summed E-state index contributed by atoms with van der Waals surface area (Å²) < 4.78 is 26.4. The van der Waals surface area contributed by atoms with Gasteiger partial charge in [0.15, 0.2) is 11.6 Å². The minimum absolute atomic E-state index is 0.186. The molecule has 2 aliphatic rings. The molecule has 0 spiro atoms. The second-order valence-electron chi connectivity index (χ2n) is 5.96. The van der Waals surface area contributed by atoms with E-state index in [1.54, 1.807) is 0 Å². The van der Waals surface area contributed by atoms with Crippen molar-refractivity contribution in [2.45, 2.75) is 25.3 Å². The number of carbonyl (C=O) groups excluding carboxylic acids is 2. The maximum Gasteiger partial charge on any atom is 0.326 e. The third kappa shape index (κ3) is 2.72. The van der Waals surface area contributed by atoms with Crippen molar-refractivity contribution < 1.29 is 28.3 Å². The third-order valence-corrected chi connectivity index (χ3v) is 4.54. The highest BCUT2D eigenvalue weighted by Gasteiger charge is 2.44. The van der Waals surface area contributed by atoms with E-state index >= 15 is 0 Å². The molecule has 2 atom stereocenters. The normalized spacial score (nSPS) is 23.8. The number of benzene rings is 1. The summed E-state index contributed by atoms with van der Waals surface area (Å²) in [6, 6.07) is 2.21. The second kappa shape index (κ2) is 6.18. The molecule has 6 nitrogen and oxygen atoms in total. The molecule has 128 valence electrons. The molecule has 2 fully saturated rings. The zero-order chi connectivity index (χ0) is 17.4. The van der Waals surface area contributed by atoms with Crippen molar-refractivity contribution in [3.05, 3.63) is 29.8 Å². The van der Waals surface area contributed by atoms with Crippen molar-refractivity contribution in [1.82, 2.24) is 4.90 Å². The van der Waals surface area contributed by atoms with E-state index in [2.05, 4.69) is 0 Å². The lowest BCUT2D eigenvalue weighted by Crippen LogP contribution is -2.45. The zero-order valence-corrected chi connectivity index (χ0v) is 12.7. The van der Waals surface area contributed by atoms with Gasteiger partial charge in [-0.25, -0.2) is 13.6 Å². The fourth-order valence-electron chi connectivity index (χ4n) is 3.31. The van der Waals surface area contributed by atoms with Gasteiger partial charge in [0.2, 0.25) is 11.8 Å². The van der Waals surface area contributed by atoms with Gasteiger partial charge in [0, 0.05) is 24.8 Å². The van der Waals surface area contributed by atoms with Gasteiger partial charge in [0.25, 0.3) is 0 Å². The fourth-order valence-corrected chi connectivity index (χ4v) is 3.31. The molecule has 8 heteroatoms. The number of hydrogen-bond donors (Lipinski definition) is 1. The van der Waals surface area contributed by atoms with Crippen LogP contribution in [0.1, 0.15) is 19.3 Å². The Morgan fingerprint density at radius 2 is 1.88 bits per heavy atom. The lowest BCUT2D eigenvalue weighted by atomic mass is 10.1. The van der Waals surface area contributed by atoms with E-state index in [1.807, 2.05) is 0 Å². The van der Waals surface area contributed by atoms with Gasteiger partial charge in [-0.15, -0.1) is 0 Å². The van der Waals surface area contributed by atoms with E-state index in [1.165, 1.54) is 15.9 Å². The van der Waals surface area contributed by atoms with E-state index in [0.29, 0.717) is 19.4 Å². The molecule has 0 aromatic heterocycles. The highest BCUT2D eigenvalue weighted by Crippen LogP contribution is 2.29. The molecular weight excluding hydrogens is 322 g/mol. The molecule has 1 aromatic rings. The topological polar surface area (TPSA) is 77.9 Å². The Morgan fingerprint density at radius 1 is 1.12 bits per heavy atom. The van der Waals surface area contributed by atoms with E-state index < -0.39 is 41.4 Å². The maximum absolute atomic E-state index is 13.3. The lowest BCUT2D eigenvalue weighted by Gasteiger charge is -2.24. The van der Waals surface area contributed by atoms with Crippen LogP contribution >= 0.6 is 0 Å². The summed E-state index contributed by atoms with van der Waals surface area (Å²) in [5, 5.41) is 9.16. The number of amides is 2. The highest BCUT2D eigenvalue weighted by molar-refractivity contribution is 6.10. The Morgan fingerprint density at radius 3 is 2.54 bits per heavy atom. The van der Waals surface area contributed by atoms with Crippen molar-refractivity contribution >= 4 is 23.5 Å². The first-order valence-electron chi connectivity index (χ1n) is 7.70. The van der Waals surface area contributed by atoms with E-state index in [9.17, 15) is 23.2 Å². The van der Waals surface area contributed by atoms with Crippen molar-refractivity contribution in [1.29, 1.82) is 0 Å². The van der Waals surface area contributed by atoms with Crippen LogP contribution in [0.15, 0.2) is 18.2 Å². The summed E-state index contributed by atoms with van der Waals surface area (Å²) in [6.45, 7) is 0.511. The predicted molar refractivity (Wildman–Crippen MR) is 79.2 cm³/mol.